The first-order chi connectivity index (χ1) is 15.2. The van der Waals surface area contributed by atoms with Crippen LogP contribution in [-0.4, -0.2) is 55.9 Å². The Morgan fingerprint density at radius 1 is 1.03 bits per heavy atom. The van der Waals surface area contributed by atoms with Crippen LogP contribution in [0.5, 0.6) is 0 Å². The Balaban J connectivity index is 1.16. The van der Waals surface area contributed by atoms with E-state index in [2.05, 4.69) is 75.0 Å². The topological polar surface area (TPSA) is 63.2 Å². The molecule has 0 radical (unpaired) electrons. The molecular weight excluding hydrogens is 408 g/mol. The Kier molecular flexibility index (Phi) is 5.67. The second kappa shape index (κ2) is 8.74. The average molecular weight is 435 g/mol. The minimum absolute atomic E-state index is 0.101. The van der Waals surface area contributed by atoms with Crippen molar-refractivity contribution in [2.45, 2.75) is 26.6 Å². The van der Waals surface area contributed by atoms with E-state index in [9.17, 15) is 0 Å². The van der Waals surface area contributed by atoms with Gasteiger partial charge in [-0.15, -0.1) is 0 Å². The SMILES string of the molecule is Cc1ccc(-c2noc(C(C)N3CCN(Cn4ccc(-c5ccsc5)n4)CC3)n2)cc1. The van der Waals surface area contributed by atoms with Crippen LogP contribution in [0.3, 0.4) is 0 Å². The Hall–Kier alpha value is -2.81. The van der Waals surface area contributed by atoms with E-state index in [4.69, 9.17) is 9.62 Å². The molecule has 0 amide bonds. The van der Waals surface area contributed by atoms with Gasteiger partial charge in [0.1, 0.15) is 0 Å². The summed E-state index contributed by atoms with van der Waals surface area (Å²) in [4.78, 5) is 9.49. The van der Waals surface area contributed by atoms with Crippen molar-refractivity contribution in [1.82, 2.24) is 29.7 Å². The van der Waals surface area contributed by atoms with Crippen LogP contribution in [0, 0.1) is 6.92 Å². The maximum Gasteiger partial charge on any atom is 0.244 e. The zero-order valence-corrected chi connectivity index (χ0v) is 18.6. The Morgan fingerprint density at radius 2 is 1.84 bits per heavy atom. The second-order valence-corrected chi connectivity index (χ2v) is 8.83. The molecule has 1 fully saturated rings. The highest BCUT2D eigenvalue weighted by Crippen LogP contribution is 2.24. The van der Waals surface area contributed by atoms with Gasteiger partial charge in [0, 0.05) is 48.9 Å². The molecule has 5 rings (SSSR count). The van der Waals surface area contributed by atoms with Gasteiger partial charge in [-0.25, -0.2) is 0 Å². The third-order valence-electron chi connectivity index (χ3n) is 5.87. The van der Waals surface area contributed by atoms with Gasteiger partial charge in [-0.3, -0.25) is 14.5 Å². The summed E-state index contributed by atoms with van der Waals surface area (Å²) in [5, 5.41) is 13.1. The van der Waals surface area contributed by atoms with Gasteiger partial charge < -0.3 is 4.52 Å². The summed E-state index contributed by atoms with van der Waals surface area (Å²) in [5.41, 5.74) is 4.43. The monoisotopic (exact) mass is 434 g/mol. The van der Waals surface area contributed by atoms with E-state index < -0.39 is 0 Å². The molecule has 1 aliphatic heterocycles. The van der Waals surface area contributed by atoms with Crippen LogP contribution >= 0.6 is 11.3 Å². The fourth-order valence-corrected chi connectivity index (χ4v) is 4.53. The lowest BCUT2D eigenvalue weighted by molar-refractivity contribution is 0.0689. The fourth-order valence-electron chi connectivity index (χ4n) is 3.88. The number of benzene rings is 1. The number of piperazine rings is 1. The van der Waals surface area contributed by atoms with Crippen LogP contribution in [0.1, 0.15) is 24.4 Å². The van der Waals surface area contributed by atoms with Gasteiger partial charge in [-0.05, 0) is 31.4 Å². The summed E-state index contributed by atoms with van der Waals surface area (Å²) in [6.45, 7) is 8.91. The predicted molar refractivity (Wildman–Crippen MR) is 122 cm³/mol. The van der Waals surface area contributed by atoms with E-state index in [-0.39, 0.29) is 6.04 Å². The van der Waals surface area contributed by atoms with E-state index >= 15 is 0 Å². The number of thiophene rings is 1. The van der Waals surface area contributed by atoms with Gasteiger partial charge in [0.15, 0.2) is 0 Å². The smallest absolute Gasteiger partial charge is 0.244 e. The van der Waals surface area contributed by atoms with E-state index in [1.165, 1.54) is 11.1 Å². The third-order valence-corrected chi connectivity index (χ3v) is 6.55. The van der Waals surface area contributed by atoms with Crippen molar-refractivity contribution in [2.24, 2.45) is 0 Å². The molecule has 3 aromatic heterocycles. The number of aryl methyl sites for hydroxylation is 1. The molecule has 1 aromatic carbocycles. The normalized spacial score (nSPS) is 16.6. The molecule has 0 saturated carbocycles. The molecule has 160 valence electrons. The average Bonchev–Trinajstić information content (AvgIpc) is 3.56. The molecule has 1 saturated heterocycles. The Labute approximate surface area is 185 Å². The minimum Gasteiger partial charge on any atom is -0.337 e. The first-order valence-corrected chi connectivity index (χ1v) is 11.5. The van der Waals surface area contributed by atoms with Gasteiger partial charge in [0.25, 0.3) is 0 Å². The molecular formula is C23H26N6OS. The number of rotatable bonds is 6. The van der Waals surface area contributed by atoms with Crippen LogP contribution in [0.4, 0.5) is 0 Å². The van der Waals surface area contributed by atoms with Crippen molar-refractivity contribution < 1.29 is 4.52 Å². The zero-order valence-electron chi connectivity index (χ0n) is 17.8. The predicted octanol–water partition coefficient (Wildman–Crippen LogP) is 4.31. The maximum atomic E-state index is 5.60. The summed E-state index contributed by atoms with van der Waals surface area (Å²) in [7, 11) is 0. The van der Waals surface area contributed by atoms with E-state index in [1.807, 2.05) is 16.8 Å². The molecule has 8 heteroatoms. The molecule has 4 heterocycles. The lowest BCUT2D eigenvalue weighted by atomic mass is 10.1. The first kappa shape index (κ1) is 20.1. The Morgan fingerprint density at radius 3 is 2.58 bits per heavy atom. The van der Waals surface area contributed by atoms with Crippen LogP contribution in [0.25, 0.3) is 22.6 Å². The van der Waals surface area contributed by atoms with Gasteiger partial charge in [0.2, 0.25) is 11.7 Å². The number of aromatic nitrogens is 4. The molecule has 1 aliphatic rings. The zero-order chi connectivity index (χ0) is 21.2. The fraction of sp³-hybridized carbons (Fsp3) is 0.348. The largest absolute Gasteiger partial charge is 0.337 e. The highest BCUT2D eigenvalue weighted by molar-refractivity contribution is 7.08. The van der Waals surface area contributed by atoms with E-state index in [0.717, 1.165) is 44.1 Å². The summed E-state index contributed by atoms with van der Waals surface area (Å²) >= 11 is 1.70. The third kappa shape index (κ3) is 4.46. The van der Waals surface area contributed by atoms with Crippen molar-refractivity contribution in [3.8, 4) is 22.6 Å². The van der Waals surface area contributed by atoms with Gasteiger partial charge in [-0.2, -0.15) is 21.4 Å². The quantitative estimate of drug-likeness (QED) is 0.451. The van der Waals surface area contributed by atoms with E-state index in [0.29, 0.717) is 11.7 Å². The summed E-state index contributed by atoms with van der Waals surface area (Å²) in [6, 6.07) is 12.5. The Bertz CT molecular complexity index is 1110. The molecule has 0 bridgehead atoms. The molecule has 31 heavy (non-hydrogen) atoms. The number of nitrogens with zero attached hydrogens (tertiary/aromatic N) is 6. The minimum atomic E-state index is 0.101. The number of hydrogen-bond acceptors (Lipinski definition) is 7. The molecule has 1 unspecified atom stereocenters. The molecule has 1 atom stereocenters. The van der Waals surface area contributed by atoms with Crippen molar-refractivity contribution in [3.63, 3.8) is 0 Å². The van der Waals surface area contributed by atoms with Crippen molar-refractivity contribution in [2.75, 3.05) is 26.2 Å². The summed E-state index contributed by atoms with van der Waals surface area (Å²) in [5.74, 6) is 1.33. The molecule has 0 aliphatic carbocycles. The standard InChI is InChI=1S/C23H26N6OS/c1-17-3-5-19(6-4-17)22-24-23(30-26-22)18(2)28-12-10-27(11-13-28)16-29-9-7-21(25-29)20-8-14-31-15-20/h3-9,14-15,18H,10-13,16H2,1-2H3. The van der Waals surface area contributed by atoms with Gasteiger partial charge >= 0.3 is 0 Å². The van der Waals surface area contributed by atoms with Crippen molar-refractivity contribution in [3.05, 3.63) is 64.8 Å². The highest BCUT2D eigenvalue weighted by atomic mass is 32.1. The van der Waals surface area contributed by atoms with Crippen LogP contribution in [0.2, 0.25) is 0 Å². The van der Waals surface area contributed by atoms with Crippen LogP contribution in [0.15, 0.2) is 57.9 Å². The van der Waals surface area contributed by atoms with Gasteiger partial charge in [-0.1, -0.05) is 35.0 Å². The van der Waals surface area contributed by atoms with Crippen LogP contribution in [-0.2, 0) is 6.67 Å². The number of hydrogen-bond donors (Lipinski definition) is 0. The highest BCUT2D eigenvalue weighted by Gasteiger charge is 2.26. The lowest BCUT2D eigenvalue weighted by Gasteiger charge is -2.36. The molecule has 4 aromatic rings. The summed E-state index contributed by atoms with van der Waals surface area (Å²) in [6.07, 6.45) is 2.06. The lowest BCUT2D eigenvalue weighted by Crippen LogP contribution is -2.47. The van der Waals surface area contributed by atoms with E-state index in [1.54, 1.807) is 11.3 Å². The van der Waals surface area contributed by atoms with Crippen molar-refractivity contribution in [1.29, 1.82) is 0 Å². The molecule has 0 spiro atoms. The second-order valence-electron chi connectivity index (χ2n) is 8.05. The van der Waals surface area contributed by atoms with Gasteiger partial charge in [0.05, 0.1) is 18.4 Å². The maximum absolute atomic E-state index is 5.60. The van der Waals surface area contributed by atoms with Crippen LogP contribution < -0.4 is 0 Å². The summed E-state index contributed by atoms with van der Waals surface area (Å²) < 4.78 is 7.62. The van der Waals surface area contributed by atoms with Crippen molar-refractivity contribution >= 4 is 11.3 Å². The first-order valence-electron chi connectivity index (χ1n) is 10.6. The molecule has 0 N–H and O–H groups in total. The molecule has 7 nitrogen and oxygen atoms in total.